The third-order valence-corrected chi connectivity index (χ3v) is 6.84. The van der Waals surface area contributed by atoms with Crippen LogP contribution in [0.4, 0.5) is 0 Å². The van der Waals surface area contributed by atoms with E-state index < -0.39 is 18.1 Å². The molecule has 2 atom stereocenters. The molecule has 0 aliphatic heterocycles. The first-order valence-electron chi connectivity index (χ1n) is 13.8. The van der Waals surface area contributed by atoms with Gasteiger partial charge in [-0.2, -0.15) is 0 Å². The van der Waals surface area contributed by atoms with Crippen molar-refractivity contribution in [3.8, 4) is 28.1 Å². The topological polar surface area (TPSA) is 101 Å². The molecule has 0 fully saturated rings. The van der Waals surface area contributed by atoms with Crippen LogP contribution in [0.1, 0.15) is 57.1 Å². The van der Waals surface area contributed by atoms with E-state index in [9.17, 15) is 9.59 Å². The molecule has 1 amide bonds. The summed E-state index contributed by atoms with van der Waals surface area (Å²) in [4.78, 5) is 28.2. The van der Waals surface area contributed by atoms with Crippen LogP contribution in [-0.4, -0.2) is 47.7 Å². The van der Waals surface area contributed by atoms with Crippen LogP contribution < -0.4 is 15.4 Å². The predicted molar refractivity (Wildman–Crippen MR) is 156 cm³/mol. The fourth-order valence-corrected chi connectivity index (χ4v) is 4.41. The Morgan fingerprint density at radius 3 is 2.23 bits per heavy atom. The molecule has 0 bridgehead atoms. The van der Waals surface area contributed by atoms with Crippen LogP contribution in [-0.2, 0) is 16.0 Å². The van der Waals surface area contributed by atoms with Gasteiger partial charge >= 0.3 is 5.97 Å². The van der Waals surface area contributed by atoms with Gasteiger partial charge in [0, 0.05) is 17.3 Å². The number of hydrogen-bond acceptors (Lipinski definition) is 5. The summed E-state index contributed by atoms with van der Waals surface area (Å²) in [6, 6.07) is 16.8. The van der Waals surface area contributed by atoms with Crippen molar-refractivity contribution < 1.29 is 19.4 Å². The normalized spacial score (nSPS) is 12.5. The highest BCUT2D eigenvalue weighted by Crippen LogP contribution is 2.28. The zero-order valence-corrected chi connectivity index (χ0v) is 23.5. The van der Waals surface area contributed by atoms with Gasteiger partial charge in [0.25, 0.3) is 0 Å². The van der Waals surface area contributed by atoms with Crippen molar-refractivity contribution in [1.29, 1.82) is 0 Å². The number of carbonyl (C=O) groups is 2. The Balaban J connectivity index is 1.60. The molecule has 0 aliphatic carbocycles. The molecule has 0 aliphatic rings. The number of carboxylic acids is 1. The monoisotopic (exact) mass is 531 g/mol. The van der Waals surface area contributed by atoms with Gasteiger partial charge in [-0.15, -0.1) is 0 Å². The van der Waals surface area contributed by atoms with E-state index in [0.717, 1.165) is 52.3 Å². The second-order valence-corrected chi connectivity index (χ2v) is 9.99. The highest BCUT2D eigenvalue weighted by atomic mass is 16.5. The number of nitrogens with one attached hydrogen (secondary N) is 2. The maximum absolute atomic E-state index is 12.4. The summed E-state index contributed by atoms with van der Waals surface area (Å²) in [5, 5.41) is 14.5. The zero-order valence-electron chi connectivity index (χ0n) is 23.5. The maximum atomic E-state index is 12.4. The number of carboxylic acid groups (broad SMARTS) is 1. The Kier molecular flexibility index (Phi) is 11.5. The number of unbranched alkanes of at least 4 members (excludes halogenated alkanes) is 4. The first-order chi connectivity index (χ1) is 18.8. The van der Waals surface area contributed by atoms with Crippen LogP contribution in [0.3, 0.4) is 0 Å². The van der Waals surface area contributed by atoms with Crippen LogP contribution in [0.2, 0.25) is 0 Å². The third-order valence-electron chi connectivity index (χ3n) is 6.84. The molecule has 3 rings (SSSR count). The average Bonchev–Trinajstić information content (AvgIpc) is 2.94. The summed E-state index contributed by atoms with van der Waals surface area (Å²) >= 11 is 0. The SMILES string of the molecule is CCCCCCCOc1ccc(-c2cnc(-c3ccc(C[C@H](NC)C(=O)N[C@H](C)C(=O)O)cc3)c(C)c2)cc1. The highest BCUT2D eigenvalue weighted by molar-refractivity contribution is 5.87. The van der Waals surface area contributed by atoms with E-state index in [4.69, 9.17) is 14.8 Å². The molecule has 208 valence electrons. The Labute approximate surface area is 232 Å². The summed E-state index contributed by atoms with van der Waals surface area (Å²) in [6.07, 6.45) is 8.46. The smallest absolute Gasteiger partial charge is 0.325 e. The average molecular weight is 532 g/mol. The van der Waals surface area contributed by atoms with Crippen molar-refractivity contribution in [3.05, 3.63) is 71.9 Å². The molecule has 0 radical (unpaired) electrons. The standard InChI is InChI=1S/C32H41N3O4/c1-5-6-7-8-9-18-39-28-16-14-25(15-17-28)27-19-22(2)30(34-21-27)26-12-10-24(11-13-26)20-29(33-4)31(36)35-23(3)32(37)38/h10-17,19,21,23,29,33H,5-9,18,20H2,1-4H3,(H,35,36)(H,37,38)/t23-,29+/m1/s1. The minimum Gasteiger partial charge on any atom is -0.494 e. The van der Waals surface area contributed by atoms with E-state index in [0.29, 0.717) is 6.42 Å². The van der Waals surface area contributed by atoms with Crippen molar-refractivity contribution in [2.75, 3.05) is 13.7 Å². The quantitative estimate of drug-likeness (QED) is 0.215. The van der Waals surface area contributed by atoms with Crippen molar-refractivity contribution in [2.45, 2.75) is 71.4 Å². The van der Waals surface area contributed by atoms with Gasteiger partial charge < -0.3 is 20.5 Å². The summed E-state index contributed by atoms with van der Waals surface area (Å²) in [7, 11) is 1.69. The van der Waals surface area contributed by atoms with E-state index in [1.54, 1.807) is 7.05 Å². The van der Waals surface area contributed by atoms with Gasteiger partial charge in [0.2, 0.25) is 5.91 Å². The number of nitrogens with zero attached hydrogens (tertiary/aromatic N) is 1. The predicted octanol–water partition coefficient (Wildman–Crippen LogP) is 5.79. The summed E-state index contributed by atoms with van der Waals surface area (Å²) in [5.74, 6) is -0.512. The van der Waals surface area contributed by atoms with Crippen LogP contribution in [0.15, 0.2) is 60.8 Å². The van der Waals surface area contributed by atoms with Crippen molar-refractivity contribution in [3.63, 3.8) is 0 Å². The lowest BCUT2D eigenvalue weighted by Gasteiger charge is -2.18. The molecule has 3 N–H and O–H groups in total. The second-order valence-electron chi connectivity index (χ2n) is 9.99. The van der Waals surface area contributed by atoms with Gasteiger partial charge in [0.15, 0.2) is 0 Å². The fraction of sp³-hybridized carbons (Fsp3) is 0.406. The van der Waals surface area contributed by atoms with Gasteiger partial charge in [0.05, 0.1) is 18.3 Å². The molecule has 39 heavy (non-hydrogen) atoms. The van der Waals surface area contributed by atoms with Gasteiger partial charge in [0.1, 0.15) is 11.8 Å². The number of benzene rings is 2. The summed E-state index contributed by atoms with van der Waals surface area (Å²) < 4.78 is 5.89. The second kappa shape index (κ2) is 15.0. The molecule has 7 heteroatoms. The fourth-order valence-electron chi connectivity index (χ4n) is 4.41. The number of pyridine rings is 1. The van der Waals surface area contributed by atoms with E-state index in [1.807, 2.05) is 42.6 Å². The van der Waals surface area contributed by atoms with Crippen LogP contribution in [0, 0.1) is 6.92 Å². The van der Waals surface area contributed by atoms with Gasteiger partial charge in [-0.1, -0.05) is 69.0 Å². The van der Waals surface area contributed by atoms with Crippen molar-refractivity contribution in [2.24, 2.45) is 0 Å². The summed E-state index contributed by atoms with van der Waals surface area (Å²) in [6.45, 7) is 6.48. The number of aromatic nitrogens is 1. The lowest BCUT2D eigenvalue weighted by Crippen LogP contribution is -2.49. The Morgan fingerprint density at radius 2 is 1.62 bits per heavy atom. The zero-order chi connectivity index (χ0) is 28.2. The Bertz CT molecular complexity index is 1210. The van der Waals surface area contributed by atoms with Crippen LogP contribution in [0.25, 0.3) is 22.4 Å². The van der Waals surface area contributed by atoms with Gasteiger partial charge in [-0.25, -0.2) is 0 Å². The first kappa shape index (κ1) is 29.8. The lowest BCUT2D eigenvalue weighted by atomic mass is 9.99. The van der Waals surface area contributed by atoms with Gasteiger partial charge in [-0.3, -0.25) is 14.6 Å². The molecule has 0 saturated heterocycles. The molecule has 3 aromatic rings. The molecule has 2 aromatic carbocycles. The molecule has 1 aromatic heterocycles. The molecular formula is C32H41N3O4. The molecule has 0 saturated carbocycles. The van der Waals surface area contributed by atoms with Crippen LogP contribution in [0.5, 0.6) is 5.75 Å². The number of ether oxygens (including phenoxy) is 1. The summed E-state index contributed by atoms with van der Waals surface area (Å²) in [5.41, 5.74) is 6.09. The highest BCUT2D eigenvalue weighted by Gasteiger charge is 2.21. The number of likely N-dealkylation sites (N-methyl/N-ethyl adjacent to an activating group) is 1. The number of hydrogen-bond donors (Lipinski definition) is 3. The minimum atomic E-state index is -1.06. The van der Waals surface area contributed by atoms with E-state index in [2.05, 4.69) is 42.7 Å². The molecule has 0 spiro atoms. The van der Waals surface area contributed by atoms with E-state index in [-0.39, 0.29) is 5.91 Å². The Morgan fingerprint density at radius 1 is 0.949 bits per heavy atom. The minimum absolute atomic E-state index is 0.341. The van der Waals surface area contributed by atoms with Crippen molar-refractivity contribution in [1.82, 2.24) is 15.6 Å². The Hall–Kier alpha value is -3.71. The number of rotatable bonds is 15. The first-order valence-corrected chi connectivity index (χ1v) is 13.8. The van der Waals surface area contributed by atoms with Crippen LogP contribution >= 0.6 is 0 Å². The van der Waals surface area contributed by atoms with E-state index >= 15 is 0 Å². The number of aliphatic carboxylic acids is 1. The van der Waals surface area contributed by atoms with Gasteiger partial charge in [-0.05, 0) is 68.6 Å². The third kappa shape index (κ3) is 8.93. The van der Waals surface area contributed by atoms with Crippen molar-refractivity contribution >= 4 is 11.9 Å². The lowest BCUT2D eigenvalue weighted by molar-refractivity contribution is -0.141. The molecule has 7 nitrogen and oxygen atoms in total. The number of carbonyl (C=O) groups excluding carboxylic acids is 1. The molecular weight excluding hydrogens is 490 g/mol. The maximum Gasteiger partial charge on any atom is 0.325 e. The van der Waals surface area contributed by atoms with E-state index in [1.165, 1.54) is 32.6 Å². The largest absolute Gasteiger partial charge is 0.494 e. The number of aryl methyl sites for hydroxylation is 1. The molecule has 0 unspecified atom stereocenters. The molecule has 1 heterocycles. The number of amides is 1.